The molecule has 0 amide bonds. The van der Waals surface area contributed by atoms with Gasteiger partial charge < -0.3 is 0 Å². The van der Waals surface area contributed by atoms with E-state index in [2.05, 4.69) is 0 Å². The molecule has 0 spiro atoms. The summed E-state index contributed by atoms with van der Waals surface area (Å²) in [5.74, 6) is 0. The molecule has 3 nitrogen and oxygen atoms in total. The van der Waals surface area contributed by atoms with Crippen LogP contribution >= 0.6 is 22.6 Å². The number of alkyl halides is 3. The van der Waals surface area contributed by atoms with Gasteiger partial charge in [-0.2, -0.15) is 13.2 Å². The molecular formula is C7H3F3INO2. The van der Waals surface area contributed by atoms with Crippen LogP contribution in [0.15, 0.2) is 18.2 Å². The molecule has 0 unspecified atom stereocenters. The van der Waals surface area contributed by atoms with E-state index in [0.29, 0.717) is 0 Å². The molecule has 0 saturated carbocycles. The molecule has 0 heterocycles. The Labute approximate surface area is 90.2 Å². The summed E-state index contributed by atoms with van der Waals surface area (Å²) in [5.41, 5.74) is -2.10. The number of nitrogens with zero attached hydrogens (tertiary/aromatic N) is 1. The number of halogens is 4. The lowest BCUT2D eigenvalue weighted by molar-refractivity contribution is -0.388. The van der Waals surface area contributed by atoms with E-state index >= 15 is 0 Å². The van der Waals surface area contributed by atoms with Gasteiger partial charge in [0.2, 0.25) is 0 Å². The molecule has 0 aromatic heterocycles. The molecule has 76 valence electrons. The average molecular weight is 317 g/mol. The molecule has 0 fully saturated rings. The average Bonchev–Trinajstić information content (AvgIpc) is 2.01. The van der Waals surface area contributed by atoms with Gasteiger partial charge in [0.05, 0.1) is 4.92 Å². The van der Waals surface area contributed by atoms with Gasteiger partial charge in [0.1, 0.15) is 5.56 Å². The van der Waals surface area contributed by atoms with E-state index in [1.165, 1.54) is 34.7 Å². The third-order valence-electron chi connectivity index (χ3n) is 1.47. The standard InChI is InChI=1S/C7H3F3INO2/c8-7(9,10)6-4(11)2-1-3-5(6)12(13)14/h1-3H. The molecule has 0 bridgehead atoms. The lowest BCUT2D eigenvalue weighted by Crippen LogP contribution is -2.10. The van der Waals surface area contributed by atoms with Gasteiger partial charge in [0, 0.05) is 9.64 Å². The fourth-order valence-corrected chi connectivity index (χ4v) is 1.74. The van der Waals surface area contributed by atoms with Crippen molar-refractivity contribution in [3.63, 3.8) is 0 Å². The summed E-state index contributed by atoms with van der Waals surface area (Å²) in [7, 11) is 0. The Morgan fingerprint density at radius 1 is 1.36 bits per heavy atom. The number of benzene rings is 1. The van der Waals surface area contributed by atoms with Crippen molar-refractivity contribution in [1.29, 1.82) is 0 Å². The van der Waals surface area contributed by atoms with Crippen LogP contribution in [-0.4, -0.2) is 4.92 Å². The van der Waals surface area contributed by atoms with Crippen LogP contribution in [0, 0.1) is 13.7 Å². The van der Waals surface area contributed by atoms with Crippen LogP contribution in [0.4, 0.5) is 18.9 Å². The molecule has 0 aliphatic heterocycles. The van der Waals surface area contributed by atoms with E-state index in [9.17, 15) is 23.3 Å². The van der Waals surface area contributed by atoms with Crippen LogP contribution in [0.2, 0.25) is 0 Å². The van der Waals surface area contributed by atoms with E-state index in [4.69, 9.17) is 0 Å². The fraction of sp³-hybridized carbons (Fsp3) is 0.143. The molecule has 14 heavy (non-hydrogen) atoms. The third kappa shape index (κ3) is 2.14. The minimum absolute atomic E-state index is 0.177. The Kier molecular flexibility index (Phi) is 2.98. The molecule has 0 aliphatic rings. The van der Waals surface area contributed by atoms with Crippen LogP contribution in [-0.2, 0) is 6.18 Å². The van der Waals surface area contributed by atoms with Crippen molar-refractivity contribution in [3.8, 4) is 0 Å². The second-order valence-electron chi connectivity index (χ2n) is 2.39. The number of nitro benzene ring substituents is 1. The molecule has 1 aromatic rings. The first-order valence-corrected chi connectivity index (χ1v) is 4.42. The van der Waals surface area contributed by atoms with E-state index < -0.39 is 22.4 Å². The Morgan fingerprint density at radius 2 is 1.93 bits per heavy atom. The van der Waals surface area contributed by atoms with E-state index in [1.54, 1.807) is 0 Å². The quantitative estimate of drug-likeness (QED) is 0.453. The van der Waals surface area contributed by atoms with Crippen molar-refractivity contribution in [2.45, 2.75) is 6.18 Å². The van der Waals surface area contributed by atoms with Gasteiger partial charge in [-0.25, -0.2) is 0 Å². The highest BCUT2D eigenvalue weighted by molar-refractivity contribution is 14.1. The highest BCUT2D eigenvalue weighted by Gasteiger charge is 2.40. The summed E-state index contributed by atoms with van der Waals surface area (Å²) in [5, 5.41) is 10.3. The van der Waals surface area contributed by atoms with Crippen molar-refractivity contribution in [2.24, 2.45) is 0 Å². The van der Waals surface area contributed by atoms with Gasteiger partial charge in [0.15, 0.2) is 0 Å². The maximum absolute atomic E-state index is 12.4. The monoisotopic (exact) mass is 317 g/mol. The Balaban J connectivity index is 3.45. The summed E-state index contributed by atoms with van der Waals surface area (Å²) in [6.07, 6.45) is -4.69. The highest BCUT2D eigenvalue weighted by Crippen LogP contribution is 2.38. The lowest BCUT2D eigenvalue weighted by Gasteiger charge is -2.08. The zero-order chi connectivity index (χ0) is 10.9. The molecule has 0 N–H and O–H groups in total. The summed E-state index contributed by atoms with van der Waals surface area (Å²) < 4.78 is 36.9. The van der Waals surface area contributed by atoms with Gasteiger partial charge in [-0.1, -0.05) is 6.07 Å². The maximum Gasteiger partial charge on any atom is 0.424 e. The minimum Gasteiger partial charge on any atom is -0.258 e. The largest absolute Gasteiger partial charge is 0.424 e. The van der Waals surface area contributed by atoms with Crippen molar-refractivity contribution >= 4 is 28.3 Å². The summed E-state index contributed by atoms with van der Waals surface area (Å²) in [6.45, 7) is 0. The van der Waals surface area contributed by atoms with Crippen LogP contribution < -0.4 is 0 Å². The summed E-state index contributed by atoms with van der Waals surface area (Å²) in [4.78, 5) is 9.29. The van der Waals surface area contributed by atoms with Crippen LogP contribution in [0.5, 0.6) is 0 Å². The summed E-state index contributed by atoms with van der Waals surface area (Å²) >= 11 is 1.42. The lowest BCUT2D eigenvalue weighted by atomic mass is 10.2. The molecule has 1 rings (SSSR count). The Bertz CT molecular complexity index is 378. The molecular weight excluding hydrogens is 314 g/mol. The normalized spacial score (nSPS) is 11.4. The van der Waals surface area contributed by atoms with Crippen molar-refractivity contribution in [3.05, 3.63) is 37.4 Å². The van der Waals surface area contributed by atoms with Crippen molar-refractivity contribution < 1.29 is 18.1 Å². The number of nitro groups is 1. The minimum atomic E-state index is -4.69. The first-order valence-electron chi connectivity index (χ1n) is 3.34. The van der Waals surface area contributed by atoms with Gasteiger partial charge >= 0.3 is 6.18 Å². The molecule has 0 aliphatic carbocycles. The molecule has 0 radical (unpaired) electrons. The van der Waals surface area contributed by atoms with Crippen LogP contribution in [0.25, 0.3) is 0 Å². The zero-order valence-corrected chi connectivity index (χ0v) is 8.67. The number of hydrogen-bond donors (Lipinski definition) is 0. The van der Waals surface area contributed by atoms with Crippen molar-refractivity contribution in [2.75, 3.05) is 0 Å². The van der Waals surface area contributed by atoms with E-state index in [0.717, 1.165) is 6.07 Å². The topological polar surface area (TPSA) is 43.1 Å². The van der Waals surface area contributed by atoms with Crippen LogP contribution in [0.1, 0.15) is 5.56 Å². The maximum atomic E-state index is 12.4. The smallest absolute Gasteiger partial charge is 0.258 e. The molecule has 1 aromatic carbocycles. The van der Waals surface area contributed by atoms with Crippen LogP contribution in [0.3, 0.4) is 0 Å². The van der Waals surface area contributed by atoms with Gasteiger partial charge in [-0.15, -0.1) is 0 Å². The molecule has 0 saturated heterocycles. The number of rotatable bonds is 1. The second-order valence-corrected chi connectivity index (χ2v) is 3.55. The second kappa shape index (κ2) is 3.71. The van der Waals surface area contributed by atoms with Gasteiger partial charge in [-0.3, -0.25) is 10.1 Å². The SMILES string of the molecule is O=[N+]([O-])c1cccc(I)c1C(F)(F)F. The third-order valence-corrected chi connectivity index (χ3v) is 2.37. The molecule has 7 heteroatoms. The highest BCUT2D eigenvalue weighted by atomic mass is 127. The van der Waals surface area contributed by atoms with E-state index in [-0.39, 0.29) is 3.57 Å². The molecule has 0 atom stereocenters. The Morgan fingerprint density at radius 3 is 2.29 bits per heavy atom. The predicted octanol–water partition coefficient (Wildman–Crippen LogP) is 3.22. The van der Waals surface area contributed by atoms with Gasteiger partial charge in [0.25, 0.3) is 5.69 Å². The number of hydrogen-bond acceptors (Lipinski definition) is 2. The zero-order valence-electron chi connectivity index (χ0n) is 6.51. The first-order chi connectivity index (χ1) is 6.34. The Hall–Kier alpha value is -0.860. The fourth-order valence-electron chi connectivity index (χ4n) is 0.946. The van der Waals surface area contributed by atoms with E-state index in [1.807, 2.05) is 0 Å². The van der Waals surface area contributed by atoms with Gasteiger partial charge in [-0.05, 0) is 28.7 Å². The predicted molar refractivity (Wildman–Crippen MR) is 50.8 cm³/mol. The summed E-state index contributed by atoms with van der Waals surface area (Å²) in [6, 6.07) is 3.23. The van der Waals surface area contributed by atoms with Crippen molar-refractivity contribution in [1.82, 2.24) is 0 Å². The first kappa shape index (κ1) is 11.2.